The predicted octanol–water partition coefficient (Wildman–Crippen LogP) is 3.36. The van der Waals surface area contributed by atoms with E-state index in [1.165, 1.54) is 0 Å². The van der Waals surface area contributed by atoms with Gasteiger partial charge in [0, 0.05) is 30.7 Å². The van der Waals surface area contributed by atoms with Crippen LogP contribution in [0.2, 0.25) is 0 Å². The summed E-state index contributed by atoms with van der Waals surface area (Å²) < 4.78 is 0. The number of urea groups is 1. The molecule has 2 heterocycles. The van der Waals surface area contributed by atoms with Crippen molar-refractivity contribution in [1.82, 2.24) is 10.2 Å². The lowest BCUT2D eigenvalue weighted by Gasteiger charge is -2.48. The Hall–Kier alpha value is -2.04. The summed E-state index contributed by atoms with van der Waals surface area (Å²) in [5.74, 6) is 0.0196. The van der Waals surface area contributed by atoms with Crippen LogP contribution < -0.4 is 10.6 Å². The van der Waals surface area contributed by atoms with Crippen molar-refractivity contribution in [2.75, 3.05) is 5.32 Å². The largest absolute Gasteiger partial charge is 0.353 e. The number of anilines is 1. The predicted molar refractivity (Wildman–Crippen MR) is 95.0 cm³/mol. The van der Waals surface area contributed by atoms with Crippen molar-refractivity contribution in [2.45, 2.75) is 71.0 Å². The van der Waals surface area contributed by atoms with E-state index in [1.54, 1.807) is 6.92 Å². The van der Waals surface area contributed by atoms with E-state index in [0.717, 1.165) is 48.9 Å². The highest BCUT2D eigenvalue weighted by molar-refractivity contribution is 5.90. The highest BCUT2D eigenvalue weighted by Gasteiger charge is 2.41. The topological polar surface area (TPSA) is 61.4 Å². The number of hydrogen-bond donors (Lipinski definition) is 2. The number of amides is 3. The molecule has 0 spiro atoms. The Morgan fingerprint density at radius 1 is 1.04 bits per heavy atom. The van der Waals surface area contributed by atoms with Crippen molar-refractivity contribution in [2.24, 2.45) is 0 Å². The summed E-state index contributed by atoms with van der Waals surface area (Å²) >= 11 is 0. The molecule has 2 aliphatic rings. The molecule has 2 aliphatic heterocycles. The fourth-order valence-electron chi connectivity index (χ4n) is 4.35. The number of aryl methyl sites for hydroxylation is 2. The van der Waals surface area contributed by atoms with Gasteiger partial charge in [-0.15, -0.1) is 0 Å². The molecular formula is C19H27N3O2. The van der Waals surface area contributed by atoms with Gasteiger partial charge in [-0.05, 0) is 69.2 Å². The fraction of sp³-hybridized carbons (Fsp3) is 0.579. The van der Waals surface area contributed by atoms with Crippen molar-refractivity contribution >= 4 is 17.6 Å². The van der Waals surface area contributed by atoms with Crippen LogP contribution in [0.4, 0.5) is 10.5 Å². The lowest BCUT2D eigenvalue weighted by molar-refractivity contribution is -0.120. The lowest BCUT2D eigenvalue weighted by Crippen LogP contribution is -2.59. The van der Waals surface area contributed by atoms with Crippen molar-refractivity contribution in [3.63, 3.8) is 0 Å². The first-order valence-electron chi connectivity index (χ1n) is 8.87. The Labute approximate surface area is 143 Å². The SMILES string of the molecule is CC(=O)NC1CC2CCCC(C1)N2C(=O)Nc1cc(C)cc(C)c1. The summed E-state index contributed by atoms with van der Waals surface area (Å²) in [5.41, 5.74) is 3.16. The molecule has 2 saturated heterocycles. The summed E-state index contributed by atoms with van der Waals surface area (Å²) in [6.07, 6.45) is 4.92. The van der Waals surface area contributed by atoms with Crippen LogP contribution in [0.15, 0.2) is 18.2 Å². The number of nitrogens with zero attached hydrogens (tertiary/aromatic N) is 1. The van der Waals surface area contributed by atoms with Crippen molar-refractivity contribution < 1.29 is 9.59 Å². The summed E-state index contributed by atoms with van der Waals surface area (Å²) in [6.45, 7) is 5.64. The van der Waals surface area contributed by atoms with E-state index in [0.29, 0.717) is 0 Å². The van der Waals surface area contributed by atoms with Gasteiger partial charge >= 0.3 is 6.03 Å². The molecule has 5 heteroatoms. The second-order valence-electron chi connectivity index (χ2n) is 7.32. The molecule has 2 unspecified atom stereocenters. The minimum atomic E-state index is -0.00373. The molecule has 2 N–H and O–H groups in total. The molecule has 2 atom stereocenters. The number of piperidine rings is 2. The number of carbonyl (C=O) groups excluding carboxylic acids is 2. The lowest BCUT2D eigenvalue weighted by atomic mass is 9.82. The van der Waals surface area contributed by atoms with Gasteiger partial charge in [0.1, 0.15) is 0 Å². The Morgan fingerprint density at radius 2 is 1.62 bits per heavy atom. The van der Waals surface area contributed by atoms with Gasteiger partial charge in [0.2, 0.25) is 5.91 Å². The Morgan fingerprint density at radius 3 is 2.17 bits per heavy atom. The molecule has 2 bridgehead atoms. The number of hydrogen-bond acceptors (Lipinski definition) is 2. The van der Waals surface area contributed by atoms with Crippen LogP contribution in [0.5, 0.6) is 0 Å². The van der Waals surface area contributed by atoms with E-state index < -0.39 is 0 Å². The average molecular weight is 329 g/mol. The minimum Gasteiger partial charge on any atom is -0.353 e. The number of fused-ring (bicyclic) bond motifs is 2. The van der Waals surface area contributed by atoms with E-state index in [4.69, 9.17) is 0 Å². The maximum absolute atomic E-state index is 12.9. The zero-order valence-corrected chi connectivity index (χ0v) is 14.8. The summed E-state index contributed by atoms with van der Waals surface area (Å²) in [6, 6.07) is 6.75. The third kappa shape index (κ3) is 3.71. The molecule has 0 saturated carbocycles. The Balaban J connectivity index is 1.71. The second-order valence-corrected chi connectivity index (χ2v) is 7.32. The minimum absolute atomic E-state index is 0.00373. The number of nitrogens with one attached hydrogen (secondary N) is 2. The van der Waals surface area contributed by atoms with Gasteiger partial charge in [-0.25, -0.2) is 4.79 Å². The van der Waals surface area contributed by atoms with Gasteiger partial charge in [-0.3, -0.25) is 4.79 Å². The average Bonchev–Trinajstić information content (AvgIpc) is 2.44. The van der Waals surface area contributed by atoms with E-state index in [2.05, 4.69) is 16.7 Å². The standard InChI is InChI=1S/C19H27N3O2/c1-12-7-13(2)9-15(8-12)21-19(24)22-17-5-4-6-18(22)11-16(10-17)20-14(3)23/h7-9,16-18H,4-6,10-11H2,1-3H3,(H,20,23)(H,21,24). The normalized spacial score (nSPS) is 26.0. The second kappa shape index (κ2) is 6.83. The van der Waals surface area contributed by atoms with Crippen molar-refractivity contribution in [1.29, 1.82) is 0 Å². The van der Waals surface area contributed by atoms with Crippen LogP contribution >= 0.6 is 0 Å². The molecule has 0 radical (unpaired) electrons. The molecule has 130 valence electrons. The van der Waals surface area contributed by atoms with Crippen LogP contribution in [-0.2, 0) is 4.79 Å². The molecule has 1 aromatic carbocycles. The van der Waals surface area contributed by atoms with Gasteiger partial charge in [0.25, 0.3) is 0 Å². The molecule has 3 rings (SSSR count). The maximum Gasteiger partial charge on any atom is 0.322 e. The fourth-order valence-corrected chi connectivity index (χ4v) is 4.35. The highest BCUT2D eigenvalue weighted by atomic mass is 16.2. The number of carbonyl (C=O) groups is 2. The molecule has 0 aromatic heterocycles. The van der Waals surface area contributed by atoms with E-state index in [9.17, 15) is 9.59 Å². The number of benzene rings is 1. The van der Waals surface area contributed by atoms with Crippen LogP contribution in [0.25, 0.3) is 0 Å². The van der Waals surface area contributed by atoms with Crippen molar-refractivity contribution in [3.8, 4) is 0 Å². The van der Waals surface area contributed by atoms with Crippen LogP contribution in [0.3, 0.4) is 0 Å². The number of rotatable bonds is 2. The third-order valence-electron chi connectivity index (χ3n) is 5.09. The van der Waals surface area contributed by atoms with Gasteiger partial charge in [-0.2, -0.15) is 0 Å². The molecule has 24 heavy (non-hydrogen) atoms. The highest BCUT2D eigenvalue weighted by Crippen LogP contribution is 2.34. The monoisotopic (exact) mass is 329 g/mol. The Bertz CT molecular complexity index is 609. The molecule has 2 fully saturated rings. The van der Waals surface area contributed by atoms with Gasteiger partial charge in [-0.1, -0.05) is 6.07 Å². The maximum atomic E-state index is 12.9. The Kier molecular flexibility index (Phi) is 4.78. The molecule has 3 amide bonds. The third-order valence-corrected chi connectivity index (χ3v) is 5.09. The zero-order chi connectivity index (χ0) is 17.3. The van der Waals surface area contributed by atoms with Gasteiger partial charge < -0.3 is 15.5 Å². The summed E-state index contributed by atoms with van der Waals surface area (Å²) in [5, 5.41) is 6.11. The van der Waals surface area contributed by atoms with Crippen LogP contribution in [-0.4, -0.2) is 35.0 Å². The van der Waals surface area contributed by atoms with E-state index in [-0.39, 0.29) is 30.1 Å². The first-order chi connectivity index (χ1) is 11.4. The van der Waals surface area contributed by atoms with Crippen molar-refractivity contribution in [3.05, 3.63) is 29.3 Å². The molecular weight excluding hydrogens is 302 g/mol. The summed E-state index contributed by atoms with van der Waals surface area (Å²) in [7, 11) is 0. The quantitative estimate of drug-likeness (QED) is 0.874. The summed E-state index contributed by atoms with van der Waals surface area (Å²) in [4.78, 5) is 26.2. The first kappa shape index (κ1) is 16.8. The van der Waals surface area contributed by atoms with Crippen LogP contribution in [0.1, 0.15) is 50.2 Å². The smallest absolute Gasteiger partial charge is 0.322 e. The molecule has 5 nitrogen and oxygen atoms in total. The van der Waals surface area contributed by atoms with E-state index >= 15 is 0 Å². The van der Waals surface area contributed by atoms with Gasteiger partial charge in [0.15, 0.2) is 0 Å². The van der Waals surface area contributed by atoms with Gasteiger partial charge in [0.05, 0.1) is 0 Å². The van der Waals surface area contributed by atoms with E-state index in [1.807, 2.05) is 30.9 Å². The van der Waals surface area contributed by atoms with Crippen LogP contribution in [0, 0.1) is 13.8 Å². The molecule has 0 aliphatic carbocycles. The zero-order valence-electron chi connectivity index (χ0n) is 14.8. The molecule has 1 aromatic rings. The first-order valence-corrected chi connectivity index (χ1v) is 8.87.